The molecule has 0 fully saturated rings. The van der Waals surface area contributed by atoms with E-state index in [1.54, 1.807) is 24.4 Å². The van der Waals surface area contributed by atoms with Gasteiger partial charge in [-0.1, -0.05) is 6.07 Å². The Labute approximate surface area is 169 Å². The van der Waals surface area contributed by atoms with Crippen molar-refractivity contribution >= 4 is 45.5 Å². The number of halogens is 1. The van der Waals surface area contributed by atoms with Crippen molar-refractivity contribution in [1.82, 2.24) is 20.2 Å². The number of H-pyrrole nitrogens is 1. The molecule has 0 aliphatic heterocycles. The number of anilines is 4. The fourth-order valence-electron chi connectivity index (χ4n) is 2.35. The molecule has 0 unspecified atom stereocenters. The zero-order valence-corrected chi connectivity index (χ0v) is 16.9. The third-order valence-corrected chi connectivity index (χ3v) is 5.66. The van der Waals surface area contributed by atoms with E-state index >= 15 is 0 Å². The van der Waals surface area contributed by atoms with Crippen LogP contribution < -0.4 is 10.6 Å². The summed E-state index contributed by atoms with van der Waals surface area (Å²) >= 11 is 0. The molecule has 1 aromatic carbocycles. The first-order valence-electron chi connectivity index (χ1n) is 8.21. The molecular formula is C17H21ClN6O3S. The molecule has 0 radical (unpaired) electrons. The zero-order chi connectivity index (χ0) is 19.4. The maximum atomic E-state index is 12.1. The van der Waals surface area contributed by atoms with Crippen molar-refractivity contribution in [3.05, 3.63) is 47.8 Å². The average Bonchev–Trinajstić information content (AvgIpc) is 2.94. The molecule has 9 nitrogen and oxygen atoms in total. The highest BCUT2D eigenvalue weighted by molar-refractivity contribution is 7.91. The van der Waals surface area contributed by atoms with E-state index in [1.165, 1.54) is 12.1 Å². The first-order chi connectivity index (χ1) is 12.9. The lowest BCUT2D eigenvalue weighted by Gasteiger charge is -2.09. The van der Waals surface area contributed by atoms with E-state index in [0.717, 1.165) is 11.3 Å². The van der Waals surface area contributed by atoms with Crippen LogP contribution in [0.15, 0.2) is 41.4 Å². The van der Waals surface area contributed by atoms with Gasteiger partial charge >= 0.3 is 0 Å². The van der Waals surface area contributed by atoms with Crippen LogP contribution in [0.1, 0.15) is 11.3 Å². The van der Waals surface area contributed by atoms with E-state index in [2.05, 4.69) is 30.8 Å². The Bertz CT molecular complexity index is 1050. The van der Waals surface area contributed by atoms with E-state index < -0.39 is 16.4 Å². The van der Waals surface area contributed by atoms with E-state index in [-0.39, 0.29) is 23.1 Å². The number of aryl methyl sites for hydroxylation is 1. The topological polar surface area (TPSA) is 133 Å². The highest BCUT2D eigenvalue weighted by Crippen LogP contribution is 2.22. The van der Waals surface area contributed by atoms with Crippen LogP contribution in [0.3, 0.4) is 0 Å². The third kappa shape index (κ3) is 4.97. The number of rotatable bonds is 7. The molecule has 0 atom stereocenters. The number of hydrogen-bond acceptors (Lipinski definition) is 8. The van der Waals surface area contributed by atoms with Crippen LogP contribution >= 0.6 is 12.4 Å². The molecule has 0 amide bonds. The molecule has 11 heteroatoms. The van der Waals surface area contributed by atoms with E-state index in [9.17, 15) is 8.42 Å². The van der Waals surface area contributed by atoms with E-state index in [1.807, 2.05) is 13.8 Å². The molecule has 0 bridgehead atoms. The fraction of sp³-hybridized carbons (Fsp3) is 0.235. The second-order valence-electron chi connectivity index (χ2n) is 5.91. The molecule has 0 aliphatic carbocycles. The molecule has 2 aromatic heterocycles. The number of aromatic amines is 1. The van der Waals surface area contributed by atoms with Crippen molar-refractivity contribution in [2.45, 2.75) is 18.7 Å². The molecule has 3 aromatic rings. The number of aliphatic hydroxyl groups is 1. The normalized spacial score (nSPS) is 11.0. The third-order valence-electron chi connectivity index (χ3n) is 3.96. The highest BCUT2D eigenvalue weighted by Gasteiger charge is 2.14. The Morgan fingerprint density at radius 3 is 2.64 bits per heavy atom. The van der Waals surface area contributed by atoms with Crippen molar-refractivity contribution in [2.24, 2.45) is 0 Å². The summed E-state index contributed by atoms with van der Waals surface area (Å²) in [7, 11) is -3.53. The monoisotopic (exact) mass is 424 g/mol. The Morgan fingerprint density at radius 2 is 1.96 bits per heavy atom. The van der Waals surface area contributed by atoms with Crippen molar-refractivity contribution < 1.29 is 13.5 Å². The summed E-state index contributed by atoms with van der Waals surface area (Å²) < 4.78 is 24.2. The first-order valence-corrected chi connectivity index (χ1v) is 9.86. The quantitative estimate of drug-likeness (QED) is 0.454. The summed E-state index contributed by atoms with van der Waals surface area (Å²) in [6, 6.07) is 8.00. The summed E-state index contributed by atoms with van der Waals surface area (Å²) in [6.07, 6.45) is 1.58. The molecule has 2 heterocycles. The molecule has 150 valence electrons. The number of nitrogens with one attached hydrogen (secondary N) is 3. The van der Waals surface area contributed by atoms with Crippen molar-refractivity contribution in [3.8, 4) is 0 Å². The van der Waals surface area contributed by atoms with Gasteiger partial charge in [0.15, 0.2) is 15.7 Å². The minimum atomic E-state index is -3.53. The summed E-state index contributed by atoms with van der Waals surface area (Å²) in [5.74, 6) is 1.21. The molecule has 4 N–H and O–H groups in total. The van der Waals surface area contributed by atoms with Gasteiger partial charge in [-0.25, -0.2) is 13.4 Å². The van der Waals surface area contributed by atoms with Crippen LogP contribution in [-0.4, -0.2) is 46.0 Å². The number of aliphatic hydroxyl groups excluding tert-OH is 1. The molecule has 3 rings (SSSR count). The Hall–Kier alpha value is -2.69. The smallest absolute Gasteiger partial charge is 0.229 e. The van der Waals surface area contributed by atoms with Gasteiger partial charge < -0.3 is 15.7 Å². The van der Waals surface area contributed by atoms with Crippen molar-refractivity contribution in [2.75, 3.05) is 23.0 Å². The average molecular weight is 425 g/mol. The second kappa shape index (κ2) is 9.00. The first kappa shape index (κ1) is 21.6. The molecule has 28 heavy (non-hydrogen) atoms. The summed E-state index contributed by atoms with van der Waals surface area (Å²) in [5, 5.41) is 22.1. The van der Waals surface area contributed by atoms with Crippen LogP contribution in [0, 0.1) is 13.8 Å². The molecular weight excluding hydrogens is 404 g/mol. The summed E-state index contributed by atoms with van der Waals surface area (Å²) in [5.41, 5.74) is 2.48. The SMILES string of the molecule is Cc1[nH]nc(Nc2ccnc(Nc3cccc(S(=O)(=O)CCO)c3)n2)c1C.Cl. The Morgan fingerprint density at radius 1 is 1.18 bits per heavy atom. The number of aromatic nitrogens is 4. The second-order valence-corrected chi connectivity index (χ2v) is 8.02. The summed E-state index contributed by atoms with van der Waals surface area (Å²) in [6.45, 7) is 3.45. The van der Waals surface area contributed by atoms with Crippen LogP contribution in [0.5, 0.6) is 0 Å². The van der Waals surface area contributed by atoms with E-state index in [4.69, 9.17) is 5.11 Å². The Balaban J connectivity index is 0.00000280. The van der Waals surface area contributed by atoms with Gasteiger partial charge in [0.2, 0.25) is 5.95 Å². The highest BCUT2D eigenvalue weighted by atomic mass is 35.5. The predicted octanol–water partition coefficient (Wildman–Crippen LogP) is 2.49. The van der Waals surface area contributed by atoms with Gasteiger partial charge in [0.25, 0.3) is 0 Å². The van der Waals surface area contributed by atoms with Gasteiger partial charge in [-0.05, 0) is 38.1 Å². The molecule has 0 spiro atoms. The van der Waals surface area contributed by atoms with Gasteiger partial charge in [0, 0.05) is 23.1 Å². The lowest BCUT2D eigenvalue weighted by molar-refractivity contribution is 0.319. The largest absolute Gasteiger partial charge is 0.395 e. The van der Waals surface area contributed by atoms with Crippen molar-refractivity contribution in [1.29, 1.82) is 0 Å². The summed E-state index contributed by atoms with van der Waals surface area (Å²) in [4.78, 5) is 8.64. The minimum Gasteiger partial charge on any atom is -0.395 e. The number of hydrogen-bond donors (Lipinski definition) is 4. The lowest BCUT2D eigenvalue weighted by Crippen LogP contribution is -2.10. The molecule has 0 aliphatic rings. The van der Waals surface area contributed by atoms with Crippen LogP contribution in [0.4, 0.5) is 23.3 Å². The molecule has 0 saturated heterocycles. The van der Waals surface area contributed by atoms with Crippen LogP contribution in [-0.2, 0) is 9.84 Å². The standard InChI is InChI=1S/C17H20N6O3S.ClH/c1-11-12(2)22-23-16(11)20-15-6-7-18-17(21-15)19-13-4-3-5-14(10-13)27(25,26)9-8-24;/h3-7,10,24H,8-9H2,1-2H3,(H3,18,19,20,21,22,23);1H. The maximum absolute atomic E-state index is 12.1. The van der Waals surface area contributed by atoms with Gasteiger partial charge in [-0.2, -0.15) is 10.1 Å². The van der Waals surface area contributed by atoms with Gasteiger partial charge in [0.05, 0.1) is 17.3 Å². The number of nitrogens with zero attached hydrogens (tertiary/aromatic N) is 3. The van der Waals surface area contributed by atoms with Gasteiger partial charge in [-0.15, -0.1) is 12.4 Å². The van der Waals surface area contributed by atoms with Crippen LogP contribution in [0.2, 0.25) is 0 Å². The van der Waals surface area contributed by atoms with E-state index in [0.29, 0.717) is 23.3 Å². The van der Waals surface area contributed by atoms with Gasteiger partial charge in [-0.3, -0.25) is 5.10 Å². The minimum absolute atomic E-state index is 0. The van der Waals surface area contributed by atoms with Crippen molar-refractivity contribution in [3.63, 3.8) is 0 Å². The predicted molar refractivity (Wildman–Crippen MR) is 109 cm³/mol. The zero-order valence-electron chi connectivity index (χ0n) is 15.3. The lowest BCUT2D eigenvalue weighted by atomic mass is 10.3. The molecule has 0 saturated carbocycles. The number of benzene rings is 1. The number of sulfone groups is 1. The van der Waals surface area contributed by atoms with Crippen LogP contribution in [0.25, 0.3) is 0 Å². The fourth-order valence-corrected chi connectivity index (χ4v) is 3.42. The Kier molecular flexibility index (Phi) is 6.95. The maximum Gasteiger partial charge on any atom is 0.229 e. The van der Waals surface area contributed by atoms with Gasteiger partial charge in [0.1, 0.15) is 5.82 Å².